The summed E-state index contributed by atoms with van der Waals surface area (Å²) in [6, 6.07) is 8.38. The first-order valence-electron chi connectivity index (χ1n) is 5.86. The number of halogens is 1. The van der Waals surface area contributed by atoms with Crippen LogP contribution < -0.4 is 0 Å². The predicted molar refractivity (Wildman–Crippen MR) is 72.5 cm³/mol. The molecule has 1 aromatic carbocycles. The minimum Gasteiger partial charge on any atom is -0.335 e. The average molecular weight is 294 g/mol. The molecule has 0 bridgehead atoms. The van der Waals surface area contributed by atoms with E-state index in [2.05, 4.69) is 28.6 Å². The fourth-order valence-electron chi connectivity index (χ4n) is 2.26. The first kappa shape index (κ1) is 12.4. The van der Waals surface area contributed by atoms with E-state index in [1.807, 2.05) is 29.2 Å². The van der Waals surface area contributed by atoms with Gasteiger partial charge in [0.25, 0.3) is 0 Å². The van der Waals surface area contributed by atoms with E-state index in [9.17, 15) is 4.79 Å². The van der Waals surface area contributed by atoms with Gasteiger partial charge in [0.05, 0.1) is 0 Å². The van der Waals surface area contributed by atoms with Gasteiger partial charge >= 0.3 is 0 Å². The van der Waals surface area contributed by atoms with Crippen LogP contribution in [0.3, 0.4) is 0 Å². The van der Waals surface area contributed by atoms with Crippen LogP contribution in [0.5, 0.6) is 0 Å². The molecule has 1 amide bonds. The summed E-state index contributed by atoms with van der Waals surface area (Å²) >= 11 is 3.52. The Morgan fingerprint density at radius 2 is 2.24 bits per heavy atom. The van der Waals surface area contributed by atoms with Gasteiger partial charge in [-0.2, -0.15) is 0 Å². The van der Waals surface area contributed by atoms with Crippen LogP contribution in [0.1, 0.15) is 24.8 Å². The van der Waals surface area contributed by atoms with Crippen molar-refractivity contribution >= 4 is 21.8 Å². The van der Waals surface area contributed by atoms with Crippen LogP contribution in [0.25, 0.3) is 0 Å². The summed E-state index contributed by atoms with van der Waals surface area (Å²) in [4.78, 5) is 13.8. The number of rotatable bonds is 4. The van der Waals surface area contributed by atoms with E-state index in [1.54, 1.807) is 0 Å². The van der Waals surface area contributed by atoms with E-state index < -0.39 is 0 Å². The van der Waals surface area contributed by atoms with Gasteiger partial charge in [-0.05, 0) is 24.5 Å². The van der Waals surface area contributed by atoms with Gasteiger partial charge in [0.1, 0.15) is 0 Å². The lowest BCUT2D eigenvalue weighted by Crippen LogP contribution is -2.32. The van der Waals surface area contributed by atoms with Gasteiger partial charge in [-0.3, -0.25) is 4.79 Å². The van der Waals surface area contributed by atoms with Gasteiger partial charge in [0.2, 0.25) is 5.91 Å². The summed E-state index contributed by atoms with van der Waals surface area (Å²) in [5.41, 5.74) is 1.16. The Balaban J connectivity index is 2.13. The maximum absolute atomic E-state index is 11.9. The minimum atomic E-state index is 0.257. The molecule has 1 aromatic rings. The molecule has 1 unspecified atom stereocenters. The second kappa shape index (κ2) is 5.50. The van der Waals surface area contributed by atoms with Crippen LogP contribution in [-0.2, 0) is 11.3 Å². The number of carbonyl (C=O) groups is 1. The lowest BCUT2D eigenvalue weighted by molar-refractivity contribution is -0.129. The Bertz CT molecular complexity index is 430. The molecule has 3 heteroatoms. The van der Waals surface area contributed by atoms with Crippen molar-refractivity contribution in [3.8, 4) is 0 Å². The topological polar surface area (TPSA) is 20.3 Å². The molecule has 0 N–H and O–H groups in total. The second-order valence-corrected chi connectivity index (χ2v) is 5.18. The molecule has 0 aliphatic carbocycles. The van der Waals surface area contributed by atoms with Crippen molar-refractivity contribution < 1.29 is 4.79 Å². The highest BCUT2D eigenvalue weighted by Gasteiger charge is 2.29. The third-order valence-electron chi connectivity index (χ3n) is 3.19. The first-order valence-corrected chi connectivity index (χ1v) is 6.65. The standard InChI is InChI=1S/C14H16BrNO/c1-2-5-12-8-9-14(17)16(12)10-11-6-3-4-7-13(11)15/h2-4,6-7,12H,1,5,8-10H2. The first-order chi connectivity index (χ1) is 8.22. The number of carbonyl (C=O) groups excluding carboxylic acids is 1. The molecule has 1 fully saturated rings. The normalized spacial score (nSPS) is 19.7. The highest BCUT2D eigenvalue weighted by Crippen LogP contribution is 2.26. The van der Waals surface area contributed by atoms with E-state index >= 15 is 0 Å². The molecule has 1 atom stereocenters. The summed E-state index contributed by atoms with van der Waals surface area (Å²) in [6.45, 7) is 4.45. The Hall–Kier alpha value is -1.09. The van der Waals surface area contributed by atoms with Crippen molar-refractivity contribution in [3.63, 3.8) is 0 Å². The second-order valence-electron chi connectivity index (χ2n) is 4.33. The Morgan fingerprint density at radius 1 is 1.47 bits per heavy atom. The van der Waals surface area contributed by atoms with Gasteiger partial charge in [0, 0.05) is 23.5 Å². The molecule has 1 aliphatic rings. The van der Waals surface area contributed by atoms with Gasteiger partial charge < -0.3 is 4.90 Å². The van der Waals surface area contributed by atoms with Crippen LogP contribution in [0, 0.1) is 0 Å². The molecule has 2 nitrogen and oxygen atoms in total. The molecule has 0 aromatic heterocycles. The van der Waals surface area contributed by atoms with E-state index in [0.29, 0.717) is 19.0 Å². The zero-order valence-corrected chi connectivity index (χ0v) is 11.3. The van der Waals surface area contributed by atoms with Crippen LogP contribution in [0.2, 0.25) is 0 Å². The van der Waals surface area contributed by atoms with Crippen LogP contribution in [0.15, 0.2) is 41.4 Å². The monoisotopic (exact) mass is 293 g/mol. The minimum absolute atomic E-state index is 0.257. The summed E-state index contributed by atoms with van der Waals surface area (Å²) in [7, 11) is 0. The van der Waals surface area contributed by atoms with Crippen molar-refractivity contribution in [3.05, 3.63) is 47.0 Å². The van der Waals surface area contributed by atoms with Gasteiger partial charge in [0.15, 0.2) is 0 Å². The molecule has 0 saturated carbocycles. The van der Waals surface area contributed by atoms with E-state index in [0.717, 1.165) is 22.9 Å². The van der Waals surface area contributed by atoms with Gasteiger partial charge in [-0.1, -0.05) is 40.2 Å². The highest BCUT2D eigenvalue weighted by atomic mass is 79.9. The lowest BCUT2D eigenvalue weighted by atomic mass is 10.1. The molecule has 17 heavy (non-hydrogen) atoms. The van der Waals surface area contributed by atoms with E-state index in [-0.39, 0.29) is 5.91 Å². The van der Waals surface area contributed by atoms with Crippen LogP contribution in [-0.4, -0.2) is 16.8 Å². The summed E-state index contributed by atoms with van der Waals surface area (Å²) in [5.74, 6) is 0.257. The van der Waals surface area contributed by atoms with Gasteiger partial charge in [-0.15, -0.1) is 6.58 Å². The van der Waals surface area contributed by atoms with Crippen LogP contribution in [0.4, 0.5) is 0 Å². The molecule has 1 saturated heterocycles. The summed E-state index contributed by atoms with van der Waals surface area (Å²) in [5, 5.41) is 0. The number of likely N-dealkylation sites (tertiary alicyclic amines) is 1. The van der Waals surface area contributed by atoms with Crippen molar-refractivity contribution in [2.45, 2.75) is 31.8 Å². The van der Waals surface area contributed by atoms with Crippen molar-refractivity contribution in [2.75, 3.05) is 0 Å². The number of hydrogen-bond donors (Lipinski definition) is 0. The maximum Gasteiger partial charge on any atom is 0.223 e. The molecular weight excluding hydrogens is 278 g/mol. The molecule has 2 rings (SSSR count). The van der Waals surface area contributed by atoms with Gasteiger partial charge in [-0.25, -0.2) is 0 Å². The zero-order chi connectivity index (χ0) is 12.3. The smallest absolute Gasteiger partial charge is 0.223 e. The molecule has 1 aliphatic heterocycles. The Kier molecular flexibility index (Phi) is 4.00. The Labute approximate surface area is 110 Å². The number of benzene rings is 1. The fraction of sp³-hybridized carbons (Fsp3) is 0.357. The maximum atomic E-state index is 11.9. The number of hydrogen-bond acceptors (Lipinski definition) is 1. The lowest BCUT2D eigenvalue weighted by Gasteiger charge is -2.24. The molecular formula is C14H16BrNO. The van der Waals surface area contributed by atoms with E-state index in [1.165, 1.54) is 0 Å². The number of amides is 1. The summed E-state index contributed by atoms with van der Waals surface area (Å²) in [6.07, 6.45) is 4.41. The van der Waals surface area contributed by atoms with Crippen molar-refractivity contribution in [1.82, 2.24) is 4.90 Å². The SMILES string of the molecule is C=CCC1CCC(=O)N1Cc1ccccc1Br. The summed E-state index contributed by atoms with van der Waals surface area (Å²) < 4.78 is 1.07. The fourth-order valence-corrected chi connectivity index (χ4v) is 2.67. The van der Waals surface area contributed by atoms with Crippen molar-refractivity contribution in [1.29, 1.82) is 0 Å². The predicted octanol–water partition coefficient (Wildman–Crippen LogP) is 3.52. The number of nitrogens with zero attached hydrogens (tertiary/aromatic N) is 1. The zero-order valence-electron chi connectivity index (χ0n) is 9.73. The Morgan fingerprint density at radius 3 is 2.94 bits per heavy atom. The molecule has 90 valence electrons. The average Bonchev–Trinajstić information content (AvgIpc) is 2.65. The van der Waals surface area contributed by atoms with Crippen LogP contribution >= 0.6 is 15.9 Å². The largest absolute Gasteiger partial charge is 0.335 e. The van der Waals surface area contributed by atoms with E-state index in [4.69, 9.17) is 0 Å². The molecule has 0 spiro atoms. The molecule has 0 radical (unpaired) electrons. The van der Waals surface area contributed by atoms with Crippen molar-refractivity contribution in [2.24, 2.45) is 0 Å². The molecule has 1 heterocycles. The third-order valence-corrected chi connectivity index (χ3v) is 3.96. The third kappa shape index (κ3) is 2.78. The quantitative estimate of drug-likeness (QED) is 0.778. The highest BCUT2D eigenvalue weighted by molar-refractivity contribution is 9.10.